The molecule has 1 aromatic carbocycles. The Morgan fingerprint density at radius 3 is 2.76 bits per heavy atom. The molecule has 1 aliphatic rings. The molecule has 4 heteroatoms. The van der Waals surface area contributed by atoms with Gasteiger partial charge in [0.15, 0.2) is 0 Å². The number of aryl methyl sites for hydroxylation is 1. The molecule has 90 valence electrons. The molecule has 17 heavy (non-hydrogen) atoms. The van der Waals surface area contributed by atoms with Crippen molar-refractivity contribution in [3.8, 4) is 0 Å². The monoisotopic (exact) mass is 249 g/mol. The lowest BCUT2D eigenvalue weighted by Gasteiger charge is -2.15. The van der Waals surface area contributed by atoms with Crippen LogP contribution in [0.3, 0.4) is 0 Å². The summed E-state index contributed by atoms with van der Waals surface area (Å²) in [5.74, 6) is 0.249. The second-order valence-corrected chi connectivity index (χ2v) is 5.14. The van der Waals surface area contributed by atoms with Crippen molar-refractivity contribution >= 4 is 29.1 Å². The number of rotatable bonds is 4. The first-order chi connectivity index (χ1) is 8.15. The van der Waals surface area contributed by atoms with Gasteiger partial charge in [0.2, 0.25) is 0 Å². The summed E-state index contributed by atoms with van der Waals surface area (Å²) in [5, 5.41) is 0. The third-order valence-electron chi connectivity index (χ3n) is 2.86. The summed E-state index contributed by atoms with van der Waals surface area (Å²) in [6.07, 6.45) is 2.95. The van der Waals surface area contributed by atoms with Gasteiger partial charge in [-0.25, -0.2) is 0 Å². The molecule has 3 nitrogen and oxygen atoms in total. The first-order valence-corrected chi connectivity index (χ1v) is 7.00. The molecule has 2 rings (SSSR count). The summed E-state index contributed by atoms with van der Waals surface area (Å²) >= 11 is 1.75. The molecule has 0 fully saturated rings. The Bertz CT molecular complexity index is 470. The van der Waals surface area contributed by atoms with Gasteiger partial charge in [-0.3, -0.25) is 9.59 Å². The van der Waals surface area contributed by atoms with Crippen molar-refractivity contribution in [1.82, 2.24) is 0 Å². The molecular weight excluding hydrogens is 234 g/mol. The molecule has 1 heterocycles. The minimum atomic E-state index is -0.383. The fraction of sp³-hybridized carbons (Fsp3) is 0.385. The molecule has 0 saturated heterocycles. The van der Waals surface area contributed by atoms with E-state index < -0.39 is 0 Å². The van der Waals surface area contributed by atoms with E-state index in [0.29, 0.717) is 12.1 Å². The SMILES string of the molecule is CSCCCN1C(=O)C(=O)c2cc(C)ccc21. The van der Waals surface area contributed by atoms with Crippen molar-refractivity contribution in [2.75, 3.05) is 23.5 Å². The smallest absolute Gasteiger partial charge is 0.299 e. The summed E-state index contributed by atoms with van der Waals surface area (Å²) in [6.45, 7) is 2.55. The number of anilines is 1. The van der Waals surface area contributed by atoms with Crippen LogP contribution in [0.2, 0.25) is 0 Å². The van der Waals surface area contributed by atoms with Gasteiger partial charge in [-0.1, -0.05) is 11.6 Å². The van der Waals surface area contributed by atoms with Gasteiger partial charge in [-0.05, 0) is 37.5 Å². The summed E-state index contributed by atoms with van der Waals surface area (Å²) in [7, 11) is 0. The van der Waals surface area contributed by atoms with Crippen LogP contribution < -0.4 is 4.90 Å². The van der Waals surface area contributed by atoms with E-state index in [2.05, 4.69) is 0 Å². The van der Waals surface area contributed by atoms with E-state index in [-0.39, 0.29) is 11.7 Å². The molecule has 1 aromatic rings. The molecule has 1 amide bonds. The Morgan fingerprint density at radius 1 is 1.29 bits per heavy atom. The quantitative estimate of drug-likeness (QED) is 0.607. The standard InChI is InChI=1S/C13H15NO2S/c1-9-4-5-11-10(8-9)12(15)13(16)14(11)6-3-7-17-2/h4-5,8H,3,6-7H2,1-2H3. The number of amides is 1. The van der Waals surface area contributed by atoms with Gasteiger partial charge < -0.3 is 4.90 Å². The van der Waals surface area contributed by atoms with E-state index in [9.17, 15) is 9.59 Å². The lowest BCUT2D eigenvalue weighted by atomic mass is 10.1. The van der Waals surface area contributed by atoms with Gasteiger partial charge in [-0.15, -0.1) is 0 Å². The van der Waals surface area contributed by atoms with Crippen LogP contribution in [0.4, 0.5) is 5.69 Å². The van der Waals surface area contributed by atoms with Gasteiger partial charge in [0.1, 0.15) is 0 Å². The fourth-order valence-electron chi connectivity index (χ4n) is 2.00. The van der Waals surface area contributed by atoms with E-state index in [1.807, 2.05) is 25.3 Å². The minimum Gasteiger partial charge on any atom is -0.305 e. The number of benzene rings is 1. The highest BCUT2D eigenvalue weighted by molar-refractivity contribution is 7.98. The summed E-state index contributed by atoms with van der Waals surface area (Å²) in [4.78, 5) is 25.2. The van der Waals surface area contributed by atoms with Crippen molar-refractivity contribution in [2.45, 2.75) is 13.3 Å². The summed E-state index contributed by atoms with van der Waals surface area (Å²) in [6, 6.07) is 5.60. The number of hydrogen-bond donors (Lipinski definition) is 0. The van der Waals surface area contributed by atoms with E-state index in [4.69, 9.17) is 0 Å². The van der Waals surface area contributed by atoms with Gasteiger partial charge in [0, 0.05) is 6.54 Å². The molecule has 0 unspecified atom stereocenters. The zero-order valence-corrected chi connectivity index (χ0v) is 10.8. The molecule has 0 spiro atoms. The third kappa shape index (κ3) is 2.22. The van der Waals surface area contributed by atoms with Crippen molar-refractivity contribution in [2.24, 2.45) is 0 Å². The van der Waals surface area contributed by atoms with Crippen LogP contribution in [-0.4, -0.2) is 30.2 Å². The number of carbonyl (C=O) groups excluding carboxylic acids is 2. The fourth-order valence-corrected chi connectivity index (χ4v) is 2.42. The van der Waals surface area contributed by atoms with Gasteiger partial charge >= 0.3 is 0 Å². The molecular formula is C13H15NO2S. The number of carbonyl (C=O) groups is 2. The van der Waals surface area contributed by atoms with Crippen LogP contribution in [0, 0.1) is 6.92 Å². The maximum atomic E-state index is 11.8. The number of fused-ring (bicyclic) bond motifs is 1. The predicted molar refractivity (Wildman–Crippen MR) is 70.9 cm³/mol. The average Bonchev–Trinajstić information content (AvgIpc) is 2.54. The van der Waals surface area contributed by atoms with E-state index in [1.54, 1.807) is 22.7 Å². The maximum absolute atomic E-state index is 11.8. The second-order valence-electron chi connectivity index (χ2n) is 4.15. The molecule has 0 aromatic heterocycles. The molecule has 0 saturated carbocycles. The van der Waals surface area contributed by atoms with Crippen LogP contribution in [0.5, 0.6) is 0 Å². The highest BCUT2D eigenvalue weighted by atomic mass is 32.2. The minimum absolute atomic E-state index is 0.368. The number of Topliss-reactive ketones (excluding diaryl/α,β-unsaturated/α-hetero) is 1. The highest BCUT2D eigenvalue weighted by Gasteiger charge is 2.35. The van der Waals surface area contributed by atoms with Crippen molar-refractivity contribution in [3.63, 3.8) is 0 Å². The zero-order chi connectivity index (χ0) is 12.4. The molecule has 0 N–H and O–H groups in total. The normalized spacial score (nSPS) is 14.4. The van der Waals surface area contributed by atoms with Gasteiger partial charge in [-0.2, -0.15) is 11.8 Å². The zero-order valence-electron chi connectivity index (χ0n) is 10.0. The molecule has 0 radical (unpaired) electrons. The lowest BCUT2D eigenvalue weighted by Crippen LogP contribution is -2.30. The Morgan fingerprint density at radius 2 is 2.06 bits per heavy atom. The molecule has 0 aliphatic carbocycles. The number of hydrogen-bond acceptors (Lipinski definition) is 3. The number of ketones is 1. The number of nitrogens with zero attached hydrogens (tertiary/aromatic N) is 1. The lowest BCUT2D eigenvalue weighted by molar-refractivity contribution is -0.114. The number of thioether (sulfide) groups is 1. The van der Waals surface area contributed by atoms with E-state index in [0.717, 1.165) is 23.4 Å². The van der Waals surface area contributed by atoms with Crippen molar-refractivity contribution in [3.05, 3.63) is 29.3 Å². The Hall–Kier alpha value is -1.29. The van der Waals surface area contributed by atoms with Crippen LogP contribution in [0.25, 0.3) is 0 Å². The first kappa shape index (κ1) is 12.2. The maximum Gasteiger partial charge on any atom is 0.299 e. The summed E-state index contributed by atoms with van der Waals surface area (Å²) in [5.41, 5.74) is 2.33. The van der Waals surface area contributed by atoms with Crippen LogP contribution in [0.15, 0.2) is 18.2 Å². The topological polar surface area (TPSA) is 37.4 Å². The Kier molecular flexibility index (Phi) is 3.52. The predicted octanol–water partition coefficient (Wildman–Crippen LogP) is 2.28. The largest absolute Gasteiger partial charge is 0.305 e. The van der Waals surface area contributed by atoms with Crippen molar-refractivity contribution in [1.29, 1.82) is 0 Å². The second kappa shape index (κ2) is 4.92. The average molecular weight is 249 g/mol. The van der Waals surface area contributed by atoms with Crippen LogP contribution >= 0.6 is 11.8 Å². The third-order valence-corrected chi connectivity index (χ3v) is 3.55. The van der Waals surface area contributed by atoms with Gasteiger partial charge in [0.05, 0.1) is 11.3 Å². The van der Waals surface area contributed by atoms with E-state index in [1.165, 1.54) is 0 Å². The van der Waals surface area contributed by atoms with Crippen LogP contribution in [-0.2, 0) is 4.79 Å². The summed E-state index contributed by atoms with van der Waals surface area (Å²) < 4.78 is 0. The molecule has 1 aliphatic heterocycles. The molecule has 0 atom stereocenters. The Balaban J connectivity index is 2.25. The first-order valence-electron chi connectivity index (χ1n) is 5.61. The molecule has 0 bridgehead atoms. The van der Waals surface area contributed by atoms with Crippen molar-refractivity contribution < 1.29 is 9.59 Å². The van der Waals surface area contributed by atoms with Gasteiger partial charge in [0.25, 0.3) is 11.7 Å². The van der Waals surface area contributed by atoms with E-state index >= 15 is 0 Å². The van der Waals surface area contributed by atoms with Crippen LogP contribution in [0.1, 0.15) is 22.3 Å². The Labute approximate surface area is 105 Å². The highest BCUT2D eigenvalue weighted by Crippen LogP contribution is 2.29.